The molecule has 0 aliphatic carbocycles. The van der Waals surface area contributed by atoms with E-state index in [9.17, 15) is 4.79 Å². The van der Waals surface area contributed by atoms with Crippen LogP contribution < -0.4 is 10.1 Å². The van der Waals surface area contributed by atoms with E-state index >= 15 is 0 Å². The number of anilines is 1. The molecule has 0 atom stereocenters. The highest BCUT2D eigenvalue weighted by Gasteiger charge is 2.07. The zero-order chi connectivity index (χ0) is 14.4. The molecule has 0 bridgehead atoms. The van der Waals surface area contributed by atoms with Crippen molar-refractivity contribution in [2.45, 2.75) is 13.0 Å². The topological polar surface area (TPSA) is 92.8 Å². The Morgan fingerprint density at radius 1 is 1.50 bits per heavy atom. The molecular weight excluding hydrogens is 258 g/mol. The van der Waals surface area contributed by atoms with E-state index in [1.807, 2.05) is 18.2 Å². The van der Waals surface area contributed by atoms with Gasteiger partial charge in [0.2, 0.25) is 5.91 Å². The van der Waals surface area contributed by atoms with Gasteiger partial charge in [0.05, 0.1) is 19.3 Å². The average molecular weight is 271 g/mol. The Kier molecular flexibility index (Phi) is 4.29. The third-order valence-electron chi connectivity index (χ3n) is 2.59. The van der Waals surface area contributed by atoms with Gasteiger partial charge in [-0.25, -0.2) is 4.98 Å². The summed E-state index contributed by atoms with van der Waals surface area (Å²) in [5, 5.41) is 15.2. The second kappa shape index (κ2) is 6.33. The van der Waals surface area contributed by atoms with Crippen molar-refractivity contribution in [1.29, 1.82) is 5.26 Å². The van der Waals surface area contributed by atoms with E-state index in [0.29, 0.717) is 18.0 Å². The molecule has 0 aliphatic heterocycles. The van der Waals surface area contributed by atoms with Crippen molar-refractivity contribution in [3.63, 3.8) is 0 Å². The lowest BCUT2D eigenvalue weighted by Crippen LogP contribution is -2.15. The molecule has 1 aromatic heterocycles. The maximum atomic E-state index is 11.8. The van der Waals surface area contributed by atoms with Crippen molar-refractivity contribution < 1.29 is 9.53 Å². The number of nitriles is 1. The Bertz CT molecular complexity index is 644. The van der Waals surface area contributed by atoms with E-state index < -0.39 is 0 Å². The first-order chi connectivity index (χ1) is 9.72. The number of hydrogen-bond donors (Lipinski definition) is 1. The van der Waals surface area contributed by atoms with Crippen molar-refractivity contribution in [2.75, 3.05) is 12.4 Å². The Morgan fingerprint density at radius 3 is 3.00 bits per heavy atom. The Balaban J connectivity index is 1.91. The lowest BCUT2D eigenvalue weighted by molar-refractivity contribution is -0.116. The van der Waals surface area contributed by atoms with Crippen LogP contribution in [0, 0.1) is 11.3 Å². The maximum Gasteiger partial charge on any atom is 0.252 e. The minimum Gasteiger partial charge on any atom is -0.495 e. The molecule has 1 heterocycles. The van der Waals surface area contributed by atoms with Crippen molar-refractivity contribution in [1.82, 2.24) is 14.8 Å². The quantitative estimate of drug-likeness (QED) is 0.881. The van der Waals surface area contributed by atoms with Crippen molar-refractivity contribution >= 4 is 11.6 Å². The van der Waals surface area contributed by atoms with Gasteiger partial charge < -0.3 is 10.1 Å². The summed E-state index contributed by atoms with van der Waals surface area (Å²) in [6.45, 7) is 0.357. The molecule has 0 fully saturated rings. The van der Waals surface area contributed by atoms with Crippen molar-refractivity contribution in [3.8, 4) is 11.8 Å². The number of aryl methyl sites for hydroxylation is 1. The normalized spacial score (nSPS) is 9.80. The molecule has 7 heteroatoms. The summed E-state index contributed by atoms with van der Waals surface area (Å²) in [7, 11) is 1.55. The Morgan fingerprint density at radius 2 is 2.30 bits per heavy atom. The van der Waals surface area contributed by atoms with Gasteiger partial charge in [0.15, 0.2) is 0 Å². The van der Waals surface area contributed by atoms with E-state index in [2.05, 4.69) is 15.4 Å². The summed E-state index contributed by atoms with van der Waals surface area (Å²) in [6.07, 6.45) is 1.65. The number of nitrogens with zero attached hydrogens (tertiary/aromatic N) is 4. The predicted molar refractivity (Wildman–Crippen MR) is 71.0 cm³/mol. The van der Waals surface area contributed by atoms with E-state index in [1.54, 1.807) is 19.2 Å². The Hall–Kier alpha value is -2.88. The second-order valence-electron chi connectivity index (χ2n) is 3.94. The number of amides is 1. The molecule has 20 heavy (non-hydrogen) atoms. The molecule has 102 valence electrons. The summed E-state index contributed by atoms with van der Waals surface area (Å²) in [4.78, 5) is 15.6. The van der Waals surface area contributed by atoms with Crippen LogP contribution in [0.3, 0.4) is 0 Å². The van der Waals surface area contributed by atoms with Crippen molar-refractivity contribution in [2.24, 2.45) is 0 Å². The molecule has 0 aliphatic rings. The van der Waals surface area contributed by atoms with Crippen LogP contribution in [0.4, 0.5) is 5.69 Å². The fraction of sp³-hybridized carbons (Fsp3) is 0.231. The van der Waals surface area contributed by atoms with Crippen LogP contribution in [-0.4, -0.2) is 27.8 Å². The molecule has 1 N–H and O–H groups in total. The van der Waals surface area contributed by atoms with Crippen LogP contribution in [0.5, 0.6) is 5.75 Å². The smallest absolute Gasteiger partial charge is 0.252 e. The first kappa shape index (κ1) is 13.5. The standard InChI is InChI=1S/C13H13N5O2/c1-20-11-5-3-2-4-10(11)16-13(19)6-7-18-9-15-12(8-14)17-18/h2-5,9H,6-7H2,1H3,(H,16,19). The number of rotatable bonds is 5. The van der Waals surface area contributed by atoms with E-state index in [0.717, 1.165) is 0 Å². The highest BCUT2D eigenvalue weighted by atomic mass is 16.5. The van der Waals surface area contributed by atoms with Gasteiger partial charge in [-0.3, -0.25) is 9.48 Å². The minimum atomic E-state index is -0.163. The van der Waals surface area contributed by atoms with Crippen LogP contribution in [0.2, 0.25) is 0 Å². The van der Waals surface area contributed by atoms with Crippen LogP contribution >= 0.6 is 0 Å². The molecule has 1 amide bonds. The zero-order valence-electron chi connectivity index (χ0n) is 10.9. The monoisotopic (exact) mass is 271 g/mol. The van der Waals surface area contributed by atoms with Gasteiger partial charge in [-0.1, -0.05) is 12.1 Å². The first-order valence-electron chi connectivity index (χ1n) is 5.95. The summed E-state index contributed by atoms with van der Waals surface area (Å²) in [5.41, 5.74) is 0.622. The maximum absolute atomic E-state index is 11.8. The van der Waals surface area contributed by atoms with Gasteiger partial charge in [-0.2, -0.15) is 5.26 Å². The molecule has 2 aromatic rings. The minimum absolute atomic E-state index is 0.0927. The number of nitrogens with one attached hydrogen (secondary N) is 1. The Labute approximate surface area is 115 Å². The predicted octanol–water partition coefficient (Wildman–Crippen LogP) is 1.19. The van der Waals surface area contributed by atoms with Crippen molar-refractivity contribution in [3.05, 3.63) is 36.4 Å². The third kappa shape index (κ3) is 3.32. The van der Waals surface area contributed by atoms with E-state index in [-0.39, 0.29) is 18.2 Å². The fourth-order valence-corrected chi connectivity index (χ4v) is 1.63. The summed E-state index contributed by atoms with van der Waals surface area (Å²) in [6, 6.07) is 9.00. The van der Waals surface area contributed by atoms with Crippen LogP contribution in [0.15, 0.2) is 30.6 Å². The summed E-state index contributed by atoms with van der Waals surface area (Å²) in [5.74, 6) is 0.534. The number of methoxy groups -OCH3 is 1. The lowest BCUT2D eigenvalue weighted by atomic mass is 10.3. The van der Waals surface area contributed by atoms with Gasteiger partial charge in [0, 0.05) is 6.42 Å². The fourth-order valence-electron chi connectivity index (χ4n) is 1.63. The average Bonchev–Trinajstić information content (AvgIpc) is 2.94. The molecular formula is C13H13N5O2. The van der Waals surface area contributed by atoms with Gasteiger partial charge in [0.1, 0.15) is 18.1 Å². The highest BCUT2D eigenvalue weighted by Crippen LogP contribution is 2.22. The lowest BCUT2D eigenvalue weighted by Gasteiger charge is -2.09. The molecule has 0 radical (unpaired) electrons. The number of para-hydroxylation sites is 2. The number of hydrogen-bond acceptors (Lipinski definition) is 5. The van der Waals surface area contributed by atoms with E-state index in [1.165, 1.54) is 11.0 Å². The van der Waals surface area contributed by atoms with Crippen LogP contribution in [-0.2, 0) is 11.3 Å². The molecule has 7 nitrogen and oxygen atoms in total. The number of benzene rings is 1. The van der Waals surface area contributed by atoms with Gasteiger partial charge >= 0.3 is 0 Å². The summed E-state index contributed by atoms with van der Waals surface area (Å²) < 4.78 is 6.61. The largest absolute Gasteiger partial charge is 0.495 e. The third-order valence-corrected chi connectivity index (χ3v) is 2.59. The zero-order valence-corrected chi connectivity index (χ0v) is 10.9. The molecule has 2 rings (SSSR count). The SMILES string of the molecule is COc1ccccc1NC(=O)CCn1cnc(C#N)n1. The number of carbonyl (C=O) groups is 1. The van der Waals surface area contributed by atoms with Crippen LogP contribution in [0.1, 0.15) is 12.2 Å². The van der Waals surface area contributed by atoms with Gasteiger partial charge in [-0.05, 0) is 12.1 Å². The van der Waals surface area contributed by atoms with E-state index in [4.69, 9.17) is 10.00 Å². The second-order valence-corrected chi connectivity index (χ2v) is 3.94. The number of aromatic nitrogens is 3. The molecule has 0 saturated heterocycles. The van der Waals surface area contributed by atoms with Gasteiger partial charge in [-0.15, -0.1) is 5.10 Å². The van der Waals surface area contributed by atoms with Crippen LogP contribution in [0.25, 0.3) is 0 Å². The summed E-state index contributed by atoms with van der Waals surface area (Å²) >= 11 is 0. The molecule has 1 aromatic carbocycles. The first-order valence-corrected chi connectivity index (χ1v) is 5.95. The molecule has 0 spiro atoms. The molecule has 0 unspecified atom stereocenters. The highest BCUT2D eigenvalue weighted by molar-refractivity contribution is 5.92. The number of ether oxygens (including phenoxy) is 1. The molecule has 0 saturated carbocycles. The number of carbonyl (C=O) groups excluding carboxylic acids is 1. The van der Waals surface area contributed by atoms with Gasteiger partial charge in [0.25, 0.3) is 5.82 Å².